The molecule has 1 fully saturated rings. The lowest BCUT2D eigenvalue weighted by Crippen LogP contribution is -2.00. The molecule has 17 heavy (non-hydrogen) atoms. The fraction of sp³-hybridized carbons (Fsp3) is 0.467. The van der Waals surface area contributed by atoms with Crippen molar-refractivity contribution in [2.24, 2.45) is 11.7 Å². The maximum atomic E-state index is 5.80. The van der Waals surface area contributed by atoms with Gasteiger partial charge in [-0.25, -0.2) is 0 Å². The molecule has 0 unspecified atom stereocenters. The van der Waals surface area contributed by atoms with Gasteiger partial charge in [0.05, 0.1) is 18.7 Å². The number of hydrogen-bond donors (Lipinski definition) is 1. The van der Waals surface area contributed by atoms with E-state index in [1.807, 2.05) is 6.07 Å². The van der Waals surface area contributed by atoms with Gasteiger partial charge in [0.15, 0.2) is 0 Å². The van der Waals surface area contributed by atoms with Crippen LogP contribution in [0, 0.1) is 24.7 Å². The summed E-state index contributed by atoms with van der Waals surface area (Å²) in [5, 5.41) is 0. The maximum absolute atomic E-state index is 5.80. The Labute approximate surface area is 103 Å². The smallest absolute Gasteiger partial charge is 0.134 e. The summed E-state index contributed by atoms with van der Waals surface area (Å²) in [6.07, 6.45) is 3.91. The summed E-state index contributed by atoms with van der Waals surface area (Å²) in [5.74, 6) is 7.74. The lowest BCUT2D eigenvalue weighted by atomic mass is 10.1. The Kier molecular flexibility index (Phi) is 4.06. The summed E-state index contributed by atoms with van der Waals surface area (Å²) in [7, 11) is 0. The van der Waals surface area contributed by atoms with E-state index in [4.69, 9.17) is 10.5 Å². The minimum Gasteiger partial charge on any atom is -0.492 e. The van der Waals surface area contributed by atoms with Crippen molar-refractivity contribution in [1.29, 1.82) is 0 Å². The number of ether oxygens (including phenoxy) is 1. The molecule has 0 radical (unpaired) electrons. The van der Waals surface area contributed by atoms with Gasteiger partial charge < -0.3 is 10.5 Å². The van der Waals surface area contributed by atoms with Gasteiger partial charge in [0.2, 0.25) is 0 Å². The van der Waals surface area contributed by atoms with Gasteiger partial charge in [-0.05, 0) is 37.0 Å². The number of rotatable bonds is 4. The molecule has 0 heterocycles. The van der Waals surface area contributed by atoms with Crippen molar-refractivity contribution >= 4 is 0 Å². The summed E-state index contributed by atoms with van der Waals surface area (Å²) >= 11 is 0. The van der Waals surface area contributed by atoms with Crippen molar-refractivity contribution in [3.8, 4) is 17.6 Å². The van der Waals surface area contributed by atoms with E-state index >= 15 is 0 Å². The van der Waals surface area contributed by atoms with E-state index in [9.17, 15) is 0 Å². The van der Waals surface area contributed by atoms with Crippen molar-refractivity contribution in [1.82, 2.24) is 0 Å². The van der Waals surface area contributed by atoms with Crippen LogP contribution in [0.3, 0.4) is 0 Å². The summed E-state index contributed by atoms with van der Waals surface area (Å²) in [5.41, 5.74) is 7.54. The van der Waals surface area contributed by atoms with Gasteiger partial charge in [-0.1, -0.05) is 30.7 Å². The van der Waals surface area contributed by atoms with Crippen molar-refractivity contribution in [2.45, 2.75) is 26.2 Å². The Bertz CT molecular complexity index is 438. The maximum Gasteiger partial charge on any atom is 0.134 e. The minimum absolute atomic E-state index is 0.384. The normalized spacial score (nSPS) is 14.0. The zero-order valence-corrected chi connectivity index (χ0v) is 10.3. The molecule has 1 aromatic carbocycles. The average molecular weight is 229 g/mol. The lowest BCUT2D eigenvalue weighted by molar-refractivity contribution is 0.301. The number of nitrogens with two attached hydrogens (primary N) is 1. The lowest BCUT2D eigenvalue weighted by Gasteiger charge is -2.08. The molecule has 2 nitrogen and oxygen atoms in total. The summed E-state index contributed by atoms with van der Waals surface area (Å²) in [6.45, 7) is 3.24. The zero-order valence-electron chi connectivity index (χ0n) is 10.3. The molecule has 0 spiro atoms. The van der Waals surface area contributed by atoms with Crippen LogP contribution in [0.25, 0.3) is 0 Å². The second kappa shape index (κ2) is 5.75. The van der Waals surface area contributed by atoms with Crippen molar-refractivity contribution < 1.29 is 4.74 Å². The molecule has 0 amide bonds. The molecule has 2 rings (SSSR count). The van der Waals surface area contributed by atoms with Crippen molar-refractivity contribution in [3.05, 3.63) is 29.3 Å². The molecular weight excluding hydrogens is 210 g/mol. The molecule has 2 N–H and O–H groups in total. The van der Waals surface area contributed by atoms with E-state index in [0.717, 1.165) is 30.3 Å². The quantitative estimate of drug-likeness (QED) is 0.805. The van der Waals surface area contributed by atoms with Gasteiger partial charge >= 0.3 is 0 Å². The topological polar surface area (TPSA) is 35.2 Å². The first-order valence-electron chi connectivity index (χ1n) is 6.22. The number of hydrogen-bond acceptors (Lipinski definition) is 2. The van der Waals surface area contributed by atoms with E-state index in [1.54, 1.807) is 0 Å². The van der Waals surface area contributed by atoms with Crippen LogP contribution < -0.4 is 10.5 Å². The fourth-order valence-corrected chi connectivity index (χ4v) is 1.76. The molecule has 1 aliphatic rings. The molecule has 0 aromatic heterocycles. The molecule has 0 atom stereocenters. The molecule has 0 saturated heterocycles. The largest absolute Gasteiger partial charge is 0.492 e. The molecule has 2 heteroatoms. The van der Waals surface area contributed by atoms with Gasteiger partial charge in [-0.2, -0.15) is 0 Å². The summed E-state index contributed by atoms with van der Waals surface area (Å²) in [6, 6.07) is 6.11. The van der Waals surface area contributed by atoms with E-state index in [-0.39, 0.29) is 0 Å². The Morgan fingerprint density at radius 3 is 2.94 bits per heavy atom. The highest BCUT2D eigenvalue weighted by molar-refractivity contribution is 5.48. The highest BCUT2D eigenvalue weighted by Gasteiger charge is 2.20. The SMILES string of the molecule is Cc1ccc(OCCC2CC2)c(C#CCN)c1. The Morgan fingerprint density at radius 1 is 1.41 bits per heavy atom. The second-order valence-electron chi connectivity index (χ2n) is 4.59. The number of benzene rings is 1. The number of aryl methyl sites for hydroxylation is 1. The summed E-state index contributed by atoms with van der Waals surface area (Å²) < 4.78 is 5.80. The Morgan fingerprint density at radius 2 is 2.24 bits per heavy atom. The average Bonchev–Trinajstić information content (AvgIpc) is 3.13. The second-order valence-corrected chi connectivity index (χ2v) is 4.59. The highest BCUT2D eigenvalue weighted by atomic mass is 16.5. The minimum atomic E-state index is 0.384. The first-order valence-corrected chi connectivity index (χ1v) is 6.22. The predicted octanol–water partition coefficient (Wildman–Crippen LogP) is 2.48. The first kappa shape index (κ1) is 12.0. The third-order valence-corrected chi connectivity index (χ3v) is 2.94. The first-order chi connectivity index (χ1) is 8.29. The van der Waals surface area contributed by atoms with Crippen molar-refractivity contribution in [3.63, 3.8) is 0 Å². The van der Waals surface area contributed by atoms with Crippen LogP contribution in [0.5, 0.6) is 5.75 Å². The molecule has 1 aliphatic carbocycles. The van der Waals surface area contributed by atoms with Crippen LogP contribution in [-0.4, -0.2) is 13.2 Å². The molecule has 1 aromatic rings. The van der Waals surface area contributed by atoms with Crippen LogP contribution >= 0.6 is 0 Å². The Hall–Kier alpha value is -1.46. The van der Waals surface area contributed by atoms with Crippen LogP contribution in [0.2, 0.25) is 0 Å². The molecule has 90 valence electrons. The highest BCUT2D eigenvalue weighted by Crippen LogP contribution is 2.32. The molecular formula is C15H19NO. The van der Waals surface area contributed by atoms with Gasteiger partial charge in [0, 0.05) is 0 Å². The van der Waals surface area contributed by atoms with Gasteiger partial charge in [0.25, 0.3) is 0 Å². The van der Waals surface area contributed by atoms with Gasteiger partial charge in [-0.15, -0.1) is 0 Å². The summed E-state index contributed by atoms with van der Waals surface area (Å²) in [4.78, 5) is 0. The van der Waals surface area contributed by atoms with Crippen LogP contribution in [0.1, 0.15) is 30.4 Å². The third kappa shape index (κ3) is 3.80. The van der Waals surface area contributed by atoms with E-state index in [0.29, 0.717) is 6.54 Å². The third-order valence-electron chi connectivity index (χ3n) is 2.94. The van der Waals surface area contributed by atoms with Gasteiger partial charge in [-0.3, -0.25) is 0 Å². The molecule has 0 aliphatic heterocycles. The molecule has 0 bridgehead atoms. The van der Waals surface area contributed by atoms with Crippen LogP contribution in [-0.2, 0) is 0 Å². The predicted molar refractivity (Wildman–Crippen MR) is 69.9 cm³/mol. The fourth-order valence-electron chi connectivity index (χ4n) is 1.76. The van der Waals surface area contributed by atoms with Gasteiger partial charge in [0.1, 0.15) is 5.75 Å². The zero-order chi connectivity index (χ0) is 12.1. The Balaban J connectivity index is 2.02. The van der Waals surface area contributed by atoms with Crippen LogP contribution in [0.4, 0.5) is 0 Å². The standard InChI is InChI=1S/C15H19NO/c1-12-4-7-15(14(11-12)3-2-9-16)17-10-8-13-5-6-13/h4,7,11,13H,5-6,8-10,16H2,1H3. The van der Waals surface area contributed by atoms with E-state index < -0.39 is 0 Å². The van der Waals surface area contributed by atoms with Crippen LogP contribution in [0.15, 0.2) is 18.2 Å². The van der Waals surface area contributed by atoms with E-state index in [2.05, 4.69) is 30.9 Å². The van der Waals surface area contributed by atoms with Crippen molar-refractivity contribution in [2.75, 3.05) is 13.2 Å². The van der Waals surface area contributed by atoms with E-state index in [1.165, 1.54) is 18.4 Å². The monoisotopic (exact) mass is 229 g/mol. The molecule has 1 saturated carbocycles.